The van der Waals surface area contributed by atoms with Gasteiger partial charge in [-0.1, -0.05) is 42.5 Å². The SMILES string of the molecule is CN1C(=O)C(NC(=O)NCc2ccc(C#N)cc2)N=C(c2ccccc2F)c2ccccc21. The Morgan fingerprint density at radius 3 is 2.42 bits per heavy atom. The number of hydrogen-bond donors (Lipinski definition) is 2. The molecule has 0 aromatic heterocycles. The third kappa shape index (κ3) is 4.57. The van der Waals surface area contributed by atoms with Gasteiger partial charge in [0.25, 0.3) is 5.91 Å². The number of benzodiazepines with no additional fused rings is 1. The molecule has 1 aliphatic heterocycles. The van der Waals surface area contributed by atoms with Crippen molar-refractivity contribution in [1.29, 1.82) is 5.26 Å². The molecule has 3 aromatic carbocycles. The predicted molar refractivity (Wildman–Crippen MR) is 122 cm³/mol. The number of aliphatic imine (C=N–C) groups is 1. The van der Waals surface area contributed by atoms with Gasteiger partial charge >= 0.3 is 6.03 Å². The second kappa shape index (κ2) is 9.32. The summed E-state index contributed by atoms with van der Waals surface area (Å²) in [6.07, 6.45) is -1.25. The van der Waals surface area contributed by atoms with Crippen LogP contribution in [-0.2, 0) is 11.3 Å². The van der Waals surface area contributed by atoms with Crippen molar-refractivity contribution >= 4 is 23.3 Å². The highest BCUT2D eigenvalue weighted by Gasteiger charge is 2.31. The number of urea groups is 1. The zero-order chi connectivity index (χ0) is 23.4. The normalized spacial score (nSPS) is 15.1. The Kier molecular flexibility index (Phi) is 6.13. The summed E-state index contributed by atoms with van der Waals surface area (Å²) in [6, 6.07) is 21.4. The number of carbonyl (C=O) groups is 2. The van der Waals surface area contributed by atoms with Crippen LogP contribution in [0.4, 0.5) is 14.9 Å². The van der Waals surface area contributed by atoms with Gasteiger partial charge in [0.05, 0.1) is 23.0 Å². The van der Waals surface area contributed by atoms with Gasteiger partial charge in [0.15, 0.2) is 0 Å². The van der Waals surface area contributed by atoms with Crippen molar-refractivity contribution in [2.24, 2.45) is 4.99 Å². The Bertz CT molecular complexity index is 1280. The van der Waals surface area contributed by atoms with Gasteiger partial charge in [0.1, 0.15) is 5.82 Å². The van der Waals surface area contributed by atoms with E-state index < -0.39 is 23.9 Å². The van der Waals surface area contributed by atoms with E-state index in [4.69, 9.17) is 5.26 Å². The van der Waals surface area contributed by atoms with Crippen LogP contribution in [0.3, 0.4) is 0 Å². The number of halogens is 1. The maximum Gasteiger partial charge on any atom is 0.317 e. The van der Waals surface area contributed by atoms with Gasteiger partial charge in [-0.2, -0.15) is 5.26 Å². The first-order chi connectivity index (χ1) is 16.0. The molecule has 0 fully saturated rings. The predicted octanol–water partition coefficient (Wildman–Crippen LogP) is 3.34. The second-order valence-corrected chi connectivity index (χ2v) is 7.41. The zero-order valence-electron chi connectivity index (χ0n) is 17.7. The molecule has 33 heavy (non-hydrogen) atoms. The van der Waals surface area contributed by atoms with Crippen molar-refractivity contribution in [3.05, 3.63) is 101 Å². The number of benzene rings is 3. The molecule has 1 unspecified atom stereocenters. The Morgan fingerprint density at radius 1 is 1.06 bits per heavy atom. The Labute approximate surface area is 190 Å². The number of amides is 3. The van der Waals surface area contributed by atoms with Crippen LogP contribution in [-0.4, -0.2) is 30.9 Å². The fraction of sp³-hybridized carbons (Fsp3) is 0.120. The molecule has 164 valence electrons. The molecule has 1 aliphatic rings. The number of rotatable bonds is 4. The number of likely N-dealkylation sites (N-methyl/N-ethyl adjacent to an activating group) is 1. The summed E-state index contributed by atoms with van der Waals surface area (Å²) in [4.78, 5) is 31.5. The average molecular weight is 441 g/mol. The van der Waals surface area contributed by atoms with Gasteiger partial charge in [0, 0.05) is 24.7 Å². The van der Waals surface area contributed by atoms with E-state index in [1.165, 1.54) is 11.0 Å². The molecule has 3 aromatic rings. The first-order valence-corrected chi connectivity index (χ1v) is 10.2. The Morgan fingerprint density at radius 2 is 1.73 bits per heavy atom. The minimum absolute atomic E-state index is 0.193. The summed E-state index contributed by atoms with van der Waals surface area (Å²) < 4.78 is 14.6. The minimum Gasteiger partial charge on any atom is -0.334 e. The fourth-order valence-electron chi connectivity index (χ4n) is 3.54. The van der Waals surface area contributed by atoms with Crippen molar-refractivity contribution in [3.63, 3.8) is 0 Å². The molecular weight excluding hydrogens is 421 g/mol. The quantitative estimate of drug-likeness (QED) is 0.650. The molecular formula is C25H20FN5O2. The molecule has 3 amide bonds. The van der Waals surface area contributed by atoms with Gasteiger partial charge in [-0.25, -0.2) is 14.2 Å². The summed E-state index contributed by atoms with van der Waals surface area (Å²) in [5.41, 5.74) is 2.96. The Hall–Kier alpha value is -4.51. The third-order valence-electron chi connectivity index (χ3n) is 5.28. The summed E-state index contributed by atoms with van der Waals surface area (Å²) in [7, 11) is 1.59. The molecule has 1 heterocycles. The highest BCUT2D eigenvalue weighted by Crippen LogP contribution is 2.27. The number of nitrogens with one attached hydrogen (secondary N) is 2. The monoisotopic (exact) mass is 441 g/mol. The zero-order valence-corrected chi connectivity index (χ0v) is 17.7. The molecule has 7 nitrogen and oxygen atoms in total. The van der Waals surface area contributed by atoms with E-state index >= 15 is 0 Å². The van der Waals surface area contributed by atoms with Gasteiger partial charge in [-0.05, 0) is 35.9 Å². The summed E-state index contributed by atoms with van der Waals surface area (Å²) in [5, 5.41) is 14.1. The van der Waals surface area contributed by atoms with E-state index in [1.807, 2.05) is 6.07 Å². The van der Waals surface area contributed by atoms with Crippen molar-refractivity contribution in [3.8, 4) is 6.07 Å². The molecule has 1 atom stereocenters. The van der Waals surface area contributed by atoms with Gasteiger partial charge in [0.2, 0.25) is 6.17 Å². The van der Waals surface area contributed by atoms with E-state index in [9.17, 15) is 14.0 Å². The van der Waals surface area contributed by atoms with Gasteiger partial charge in [-0.3, -0.25) is 4.79 Å². The number of nitriles is 1. The van der Waals surface area contributed by atoms with Crippen LogP contribution in [0.2, 0.25) is 0 Å². The average Bonchev–Trinajstić information content (AvgIpc) is 2.94. The van der Waals surface area contributed by atoms with Crippen molar-refractivity contribution in [2.75, 3.05) is 11.9 Å². The summed E-state index contributed by atoms with van der Waals surface area (Å²) in [6.45, 7) is 0.193. The number of fused-ring (bicyclic) bond motifs is 1. The third-order valence-corrected chi connectivity index (χ3v) is 5.28. The van der Waals surface area contributed by atoms with Gasteiger partial charge in [-0.15, -0.1) is 0 Å². The largest absolute Gasteiger partial charge is 0.334 e. The highest BCUT2D eigenvalue weighted by atomic mass is 19.1. The van der Waals surface area contributed by atoms with Crippen LogP contribution < -0.4 is 15.5 Å². The topological polar surface area (TPSA) is 97.6 Å². The minimum atomic E-state index is -1.25. The number of anilines is 1. The number of para-hydroxylation sites is 1. The molecule has 4 rings (SSSR count). The summed E-state index contributed by atoms with van der Waals surface area (Å²) in [5.74, 6) is -0.936. The lowest BCUT2D eigenvalue weighted by Crippen LogP contribution is -2.49. The van der Waals surface area contributed by atoms with Crippen molar-refractivity contribution < 1.29 is 14.0 Å². The molecule has 0 radical (unpaired) electrons. The molecule has 0 saturated heterocycles. The molecule has 8 heteroatoms. The first kappa shape index (κ1) is 21.7. The molecule has 0 saturated carbocycles. The fourth-order valence-corrected chi connectivity index (χ4v) is 3.54. The van der Waals surface area contributed by atoms with Crippen molar-refractivity contribution in [1.82, 2.24) is 10.6 Å². The van der Waals surface area contributed by atoms with E-state index in [0.29, 0.717) is 16.8 Å². The van der Waals surface area contributed by atoms with Crippen LogP contribution in [0.25, 0.3) is 0 Å². The second-order valence-electron chi connectivity index (χ2n) is 7.41. The first-order valence-electron chi connectivity index (χ1n) is 10.2. The molecule has 2 N–H and O–H groups in total. The van der Waals surface area contributed by atoms with Crippen LogP contribution in [0.5, 0.6) is 0 Å². The van der Waals surface area contributed by atoms with Gasteiger partial charge < -0.3 is 15.5 Å². The number of carbonyl (C=O) groups excluding carboxylic acids is 2. The number of nitrogens with zero attached hydrogens (tertiary/aromatic N) is 3. The lowest BCUT2D eigenvalue weighted by Gasteiger charge is -2.21. The Balaban J connectivity index is 1.61. The number of hydrogen-bond acceptors (Lipinski definition) is 4. The van der Waals surface area contributed by atoms with E-state index in [2.05, 4.69) is 15.6 Å². The lowest BCUT2D eigenvalue weighted by atomic mass is 10.00. The van der Waals surface area contributed by atoms with E-state index in [0.717, 1.165) is 5.56 Å². The van der Waals surface area contributed by atoms with Crippen LogP contribution in [0.15, 0.2) is 77.8 Å². The van der Waals surface area contributed by atoms with Crippen LogP contribution in [0, 0.1) is 17.1 Å². The molecule has 0 spiro atoms. The smallest absolute Gasteiger partial charge is 0.317 e. The maximum atomic E-state index is 14.6. The molecule has 0 bridgehead atoms. The van der Waals surface area contributed by atoms with Crippen LogP contribution >= 0.6 is 0 Å². The van der Waals surface area contributed by atoms with Crippen LogP contribution in [0.1, 0.15) is 22.3 Å². The standard InChI is InChI=1S/C25H20FN5O2/c1-31-21-9-5-3-7-19(21)22(18-6-2-4-8-20(18)26)29-23(24(31)32)30-25(33)28-15-17-12-10-16(14-27)11-13-17/h2-13,23H,15H2,1H3,(H2,28,30,33). The highest BCUT2D eigenvalue weighted by molar-refractivity contribution is 6.20. The van der Waals surface area contributed by atoms with E-state index in [-0.39, 0.29) is 17.8 Å². The maximum absolute atomic E-state index is 14.6. The lowest BCUT2D eigenvalue weighted by molar-refractivity contribution is -0.119. The van der Waals surface area contributed by atoms with Crippen molar-refractivity contribution in [2.45, 2.75) is 12.7 Å². The summed E-state index contributed by atoms with van der Waals surface area (Å²) >= 11 is 0. The van der Waals surface area contributed by atoms with E-state index in [1.54, 1.807) is 73.8 Å². The molecule has 0 aliphatic carbocycles.